The Kier molecular flexibility index (Phi) is 5.85. The molecule has 0 saturated carbocycles. The fraction of sp³-hybridized carbons (Fsp3) is 0.0698. The van der Waals surface area contributed by atoms with Crippen molar-refractivity contribution < 1.29 is 0 Å². The zero-order valence-corrected chi connectivity index (χ0v) is 25.8. The Morgan fingerprint density at radius 2 is 1.11 bits per heavy atom. The Hall–Kier alpha value is -5.80. The third-order valence-corrected chi connectivity index (χ3v) is 9.60. The molecule has 2 aromatic heterocycles. The van der Waals surface area contributed by atoms with Gasteiger partial charge in [0.25, 0.3) is 0 Å². The van der Waals surface area contributed by atoms with Crippen LogP contribution in [0.3, 0.4) is 0 Å². The zero-order chi connectivity index (χ0) is 30.8. The van der Waals surface area contributed by atoms with Crippen LogP contribution in [0.5, 0.6) is 0 Å². The fourth-order valence-corrected chi connectivity index (χ4v) is 7.43. The molecule has 8 aromatic rings. The summed E-state index contributed by atoms with van der Waals surface area (Å²) in [4.78, 5) is 10.0. The van der Waals surface area contributed by atoms with E-state index in [0.29, 0.717) is 0 Å². The summed E-state index contributed by atoms with van der Waals surface area (Å²) in [7, 11) is 0. The van der Waals surface area contributed by atoms with Gasteiger partial charge in [0.1, 0.15) is 0 Å². The van der Waals surface area contributed by atoms with E-state index in [1.807, 2.05) is 24.3 Å². The van der Waals surface area contributed by atoms with Gasteiger partial charge in [-0.05, 0) is 46.5 Å². The number of fused-ring (bicyclic) bond motifs is 7. The van der Waals surface area contributed by atoms with Gasteiger partial charge in [0.05, 0.1) is 22.4 Å². The summed E-state index contributed by atoms with van der Waals surface area (Å²) in [5.41, 5.74) is 13.9. The Balaban J connectivity index is 1.23. The maximum absolute atomic E-state index is 5.06. The van der Waals surface area contributed by atoms with Gasteiger partial charge in [-0.3, -0.25) is 0 Å². The molecule has 2 heterocycles. The zero-order valence-electron chi connectivity index (χ0n) is 25.8. The third kappa shape index (κ3) is 3.98. The summed E-state index contributed by atoms with van der Waals surface area (Å²) >= 11 is 0. The monoisotopic (exact) mass is 589 g/mol. The molecule has 1 aliphatic carbocycles. The summed E-state index contributed by atoms with van der Waals surface area (Å²) in [6.07, 6.45) is 0. The molecule has 6 aromatic carbocycles. The molecule has 0 unspecified atom stereocenters. The Labute approximate surface area is 268 Å². The van der Waals surface area contributed by atoms with Crippen LogP contribution in [-0.4, -0.2) is 14.5 Å². The largest absolute Gasteiger partial charge is 0.309 e. The van der Waals surface area contributed by atoms with Crippen molar-refractivity contribution in [3.63, 3.8) is 0 Å². The van der Waals surface area contributed by atoms with Crippen molar-refractivity contribution in [2.24, 2.45) is 0 Å². The van der Waals surface area contributed by atoms with Crippen molar-refractivity contribution >= 4 is 21.8 Å². The van der Waals surface area contributed by atoms with Crippen molar-refractivity contribution in [3.8, 4) is 50.7 Å². The minimum atomic E-state index is -0.125. The standard InChI is InChI=1S/C43H31N3/c1-43(2)36-19-11-9-17-32(36)34-25-26-35-33-18-10-12-20-39(33)46(41(35)40(34)43)31-23-21-29(22-24-31)38-27-37(28-13-5-3-6-14-28)44-42(45-38)30-15-7-4-8-16-30/h3-27H,1-2H3. The van der Waals surface area contributed by atoms with Crippen LogP contribution in [0.4, 0.5) is 0 Å². The first-order valence-corrected chi connectivity index (χ1v) is 15.9. The molecule has 0 fully saturated rings. The minimum Gasteiger partial charge on any atom is -0.309 e. The molecule has 0 amide bonds. The smallest absolute Gasteiger partial charge is 0.160 e. The second-order valence-corrected chi connectivity index (χ2v) is 12.6. The van der Waals surface area contributed by atoms with Crippen LogP contribution in [0.1, 0.15) is 25.0 Å². The number of hydrogen-bond acceptors (Lipinski definition) is 2. The van der Waals surface area contributed by atoms with E-state index in [-0.39, 0.29) is 5.41 Å². The van der Waals surface area contributed by atoms with Gasteiger partial charge < -0.3 is 4.57 Å². The number of benzene rings is 6. The normalized spacial score (nSPS) is 13.2. The van der Waals surface area contributed by atoms with Gasteiger partial charge in [-0.25, -0.2) is 9.97 Å². The van der Waals surface area contributed by atoms with E-state index in [9.17, 15) is 0 Å². The van der Waals surface area contributed by atoms with Crippen molar-refractivity contribution in [2.75, 3.05) is 0 Å². The molecule has 0 radical (unpaired) electrons. The van der Waals surface area contributed by atoms with Gasteiger partial charge in [-0.1, -0.05) is 141 Å². The molecule has 218 valence electrons. The summed E-state index contributed by atoms with van der Waals surface area (Å²) in [5.74, 6) is 0.723. The molecule has 3 heteroatoms. The number of aromatic nitrogens is 3. The lowest BCUT2D eigenvalue weighted by molar-refractivity contribution is 0.664. The molecule has 1 aliphatic rings. The molecule has 0 atom stereocenters. The highest BCUT2D eigenvalue weighted by molar-refractivity contribution is 6.13. The van der Waals surface area contributed by atoms with Gasteiger partial charge in [-0.15, -0.1) is 0 Å². The topological polar surface area (TPSA) is 30.7 Å². The van der Waals surface area contributed by atoms with E-state index >= 15 is 0 Å². The lowest BCUT2D eigenvalue weighted by Crippen LogP contribution is -2.16. The number of nitrogens with zero attached hydrogens (tertiary/aromatic N) is 3. The van der Waals surface area contributed by atoms with Gasteiger partial charge in [0, 0.05) is 38.6 Å². The maximum atomic E-state index is 5.06. The first-order chi connectivity index (χ1) is 22.6. The first kappa shape index (κ1) is 26.6. The van der Waals surface area contributed by atoms with Crippen LogP contribution in [-0.2, 0) is 5.41 Å². The van der Waals surface area contributed by atoms with E-state index in [0.717, 1.165) is 39.6 Å². The highest BCUT2D eigenvalue weighted by atomic mass is 15.0. The second-order valence-electron chi connectivity index (χ2n) is 12.6. The molecule has 46 heavy (non-hydrogen) atoms. The molecule has 0 saturated heterocycles. The molecule has 0 spiro atoms. The van der Waals surface area contributed by atoms with Crippen LogP contribution in [0.15, 0.2) is 152 Å². The minimum absolute atomic E-state index is 0.125. The van der Waals surface area contributed by atoms with Gasteiger partial charge in [0.15, 0.2) is 5.82 Å². The average Bonchev–Trinajstić information content (AvgIpc) is 3.57. The SMILES string of the molecule is CC1(C)c2ccccc2-c2ccc3c4ccccc4n(-c4ccc(-c5cc(-c6ccccc6)nc(-c6ccccc6)n5)cc4)c3c21. The third-order valence-electron chi connectivity index (χ3n) is 9.60. The molecule has 9 rings (SSSR count). The molecular weight excluding hydrogens is 558 g/mol. The van der Waals surface area contributed by atoms with Crippen molar-refractivity contribution in [1.29, 1.82) is 0 Å². The highest BCUT2D eigenvalue weighted by Crippen LogP contribution is 2.52. The van der Waals surface area contributed by atoms with Crippen molar-refractivity contribution in [2.45, 2.75) is 19.3 Å². The van der Waals surface area contributed by atoms with Crippen LogP contribution in [0, 0.1) is 0 Å². The van der Waals surface area contributed by atoms with E-state index < -0.39 is 0 Å². The first-order valence-electron chi connectivity index (χ1n) is 15.9. The molecular formula is C43H31N3. The van der Waals surface area contributed by atoms with Gasteiger partial charge in [-0.2, -0.15) is 0 Å². The molecule has 3 nitrogen and oxygen atoms in total. The van der Waals surface area contributed by atoms with E-state index in [2.05, 4.69) is 146 Å². The average molecular weight is 590 g/mol. The number of para-hydroxylation sites is 1. The van der Waals surface area contributed by atoms with E-state index in [1.54, 1.807) is 0 Å². The van der Waals surface area contributed by atoms with Crippen LogP contribution in [0.2, 0.25) is 0 Å². The molecule has 0 bridgehead atoms. The van der Waals surface area contributed by atoms with Gasteiger partial charge >= 0.3 is 0 Å². The summed E-state index contributed by atoms with van der Waals surface area (Å²) in [6.45, 7) is 4.73. The molecule has 0 aliphatic heterocycles. The summed E-state index contributed by atoms with van der Waals surface area (Å²) in [5, 5.41) is 2.56. The van der Waals surface area contributed by atoms with E-state index in [4.69, 9.17) is 9.97 Å². The summed E-state index contributed by atoms with van der Waals surface area (Å²) < 4.78 is 2.46. The summed E-state index contributed by atoms with van der Waals surface area (Å²) in [6, 6.07) is 53.8. The van der Waals surface area contributed by atoms with Crippen molar-refractivity contribution in [1.82, 2.24) is 14.5 Å². The second kappa shape index (κ2) is 10.1. The van der Waals surface area contributed by atoms with Crippen LogP contribution in [0.25, 0.3) is 72.5 Å². The van der Waals surface area contributed by atoms with Gasteiger partial charge in [0.2, 0.25) is 0 Å². The molecule has 0 N–H and O–H groups in total. The fourth-order valence-electron chi connectivity index (χ4n) is 7.43. The maximum Gasteiger partial charge on any atom is 0.160 e. The van der Waals surface area contributed by atoms with Crippen molar-refractivity contribution in [3.05, 3.63) is 163 Å². The van der Waals surface area contributed by atoms with Crippen LogP contribution < -0.4 is 0 Å². The number of hydrogen-bond donors (Lipinski definition) is 0. The highest BCUT2D eigenvalue weighted by Gasteiger charge is 2.38. The van der Waals surface area contributed by atoms with E-state index in [1.165, 1.54) is 44.1 Å². The predicted molar refractivity (Wildman–Crippen MR) is 190 cm³/mol. The Morgan fingerprint density at radius 3 is 1.85 bits per heavy atom. The Bertz CT molecular complexity index is 2360. The lowest BCUT2D eigenvalue weighted by atomic mass is 9.81. The Morgan fingerprint density at radius 1 is 0.500 bits per heavy atom. The lowest BCUT2D eigenvalue weighted by Gasteiger charge is -2.23. The quantitative estimate of drug-likeness (QED) is 0.204. The number of rotatable bonds is 4. The van der Waals surface area contributed by atoms with Crippen LogP contribution >= 0.6 is 0 Å². The predicted octanol–water partition coefficient (Wildman–Crippen LogP) is 10.9.